The molecule has 2 aromatic rings. The number of carbonyl (C=O) groups is 1. The van der Waals surface area contributed by atoms with Gasteiger partial charge in [-0.2, -0.15) is 0 Å². The maximum atomic E-state index is 12.4. The van der Waals surface area contributed by atoms with Gasteiger partial charge < -0.3 is 0 Å². The van der Waals surface area contributed by atoms with Crippen molar-refractivity contribution in [2.45, 2.75) is 29.4 Å². The second-order valence-electron chi connectivity index (χ2n) is 4.90. The molecule has 2 rings (SSSR count). The van der Waals surface area contributed by atoms with Gasteiger partial charge in [-0.25, -0.2) is 0 Å². The van der Waals surface area contributed by atoms with E-state index in [-0.39, 0.29) is 5.25 Å². The topological polar surface area (TPSA) is 17.1 Å². The van der Waals surface area contributed by atoms with E-state index in [9.17, 15) is 4.79 Å². The summed E-state index contributed by atoms with van der Waals surface area (Å²) in [6.45, 7) is 3.78. The number of benzene rings is 2. The van der Waals surface area contributed by atoms with E-state index in [4.69, 9.17) is 0 Å². The fourth-order valence-corrected chi connectivity index (χ4v) is 3.26. The number of rotatable bonds is 8. The molecule has 0 saturated heterocycles. The molecule has 0 bridgehead atoms. The molecule has 0 aliphatic carbocycles. The zero-order valence-electron chi connectivity index (χ0n) is 12.1. The van der Waals surface area contributed by atoms with Gasteiger partial charge in [-0.15, -0.1) is 18.3 Å². The summed E-state index contributed by atoms with van der Waals surface area (Å²) in [4.78, 5) is 13.6. The van der Waals surface area contributed by atoms with Crippen molar-refractivity contribution in [3.05, 3.63) is 78.9 Å². The van der Waals surface area contributed by atoms with Crippen molar-refractivity contribution in [3.8, 4) is 0 Å². The van der Waals surface area contributed by atoms with Crippen LogP contribution < -0.4 is 0 Å². The van der Waals surface area contributed by atoms with Gasteiger partial charge in [-0.1, -0.05) is 54.6 Å². The van der Waals surface area contributed by atoms with Crippen molar-refractivity contribution in [2.24, 2.45) is 0 Å². The third-order valence-electron chi connectivity index (χ3n) is 3.26. The molecular weight excluding hydrogens is 276 g/mol. The molecule has 0 spiro atoms. The van der Waals surface area contributed by atoms with Crippen molar-refractivity contribution < 1.29 is 4.79 Å². The molecule has 0 aliphatic heterocycles. The third-order valence-corrected chi connectivity index (χ3v) is 4.55. The Hall–Kier alpha value is -1.80. The van der Waals surface area contributed by atoms with Gasteiger partial charge in [0.05, 0.1) is 5.25 Å². The minimum Gasteiger partial charge on any atom is -0.298 e. The van der Waals surface area contributed by atoms with Gasteiger partial charge >= 0.3 is 0 Å². The number of ketones is 1. The van der Waals surface area contributed by atoms with E-state index in [2.05, 4.69) is 18.7 Å². The standard InChI is InChI=1S/C19H20OS/c1-2-9-19(21-17-12-7-4-8-13-17)18(20)15-14-16-10-5-3-6-11-16/h2-8,10-13,19H,1,9,14-15H2. The lowest BCUT2D eigenvalue weighted by Gasteiger charge is -2.13. The van der Waals surface area contributed by atoms with Crippen LogP contribution in [0.15, 0.2) is 78.2 Å². The van der Waals surface area contributed by atoms with Crippen LogP contribution in [0.3, 0.4) is 0 Å². The molecule has 0 aromatic heterocycles. The second kappa shape index (κ2) is 8.48. The van der Waals surface area contributed by atoms with Crippen LogP contribution in [0.4, 0.5) is 0 Å². The highest BCUT2D eigenvalue weighted by molar-refractivity contribution is 8.00. The summed E-state index contributed by atoms with van der Waals surface area (Å²) in [5, 5.41) is -0.0337. The maximum absolute atomic E-state index is 12.4. The average molecular weight is 296 g/mol. The second-order valence-corrected chi connectivity index (χ2v) is 6.17. The molecule has 0 N–H and O–H groups in total. The van der Waals surface area contributed by atoms with Crippen LogP contribution in [0.2, 0.25) is 0 Å². The average Bonchev–Trinajstić information content (AvgIpc) is 2.54. The molecule has 0 heterocycles. The summed E-state index contributed by atoms with van der Waals surface area (Å²) in [6.07, 6.45) is 3.94. The van der Waals surface area contributed by atoms with Gasteiger partial charge in [0.15, 0.2) is 0 Å². The van der Waals surface area contributed by atoms with Gasteiger partial charge in [0.1, 0.15) is 5.78 Å². The van der Waals surface area contributed by atoms with E-state index in [0.29, 0.717) is 18.6 Å². The Morgan fingerprint density at radius 1 is 1.05 bits per heavy atom. The van der Waals surface area contributed by atoms with Crippen molar-refractivity contribution in [3.63, 3.8) is 0 Å². The lowest BCUT2D eigenvalue weighted by Crippen LogP contribution is -2.17. The predicted octanol–water partition coefficient (Wildman–Crippen LogP) is 4.93. The largest absolute Gasteiger partial charge is 0.298 e. The molecule has 0 saturated carbocycles. The fourth-order valence-electron chi connectivity index (χ4n) is 2.13. The normalized spacial score (nSPS) is 11.8. The molecule has 0 aliphatic rings. The van der Waals surface area contributed by atoms with Crippen molar-refractivity contribution in [2.75, 3.05) is 0 Å². The summed E-state index contributed by atoms with van der Waals surface area (Å²) in [7, 11) is 0. The number of Topliss-reactive ketones (excluding diaryl/α,β-unsaturated/α-hetero) is 1. The Bertz CT molecular complexity index is 563. The Labute approximate surface area is 131 Å². The zero-order valence-corrected chi connectivity index (χ0v) is 12.9. The lowest BCUT2D eigenvalue weighted by molar-refractivity contribution is -0.118. The molecular formula is C19H20OS. The molecule has 1 unspecified atom stereocenters. The van der Waals surface area contributed by atoms with E-state index in [0.717, 1.165) is 11.3 Å². The smallest absolute Gasteiger partial charge is 0.146 e. The highest BCUT2D eigenvalue weighted by Gasteiger charge is 2.18. The van der Waals surface area contributed by atoms with Crippen molar-refractivity contribution in [1.29, 1.82) is 0 Å². The minimum atomic E-state index is -0.0337. The molecule has 0 radical (unpaired) electrons. The first-order valence-electron chi connectivity index (χ1n) is 7.19. The highest BCUT2D eigenvalue weighted by Crippen LogP contribution is 2.27. The number of allylic oxidation sites excluding steroid dienone is 1. The molecule has 0 amide bonds. The Kier molecular flexibility index (Phi) is 6.29. The van der Waals surface area contributed by atoms with E-state index in [1.165, 1.54) is 5.56 Å². The molecule has 1 atom stereocenters. The first-order chi connectivity index (χ1) is 10.3. The SMILES string of the molecule is C=CCC(Sc1ccccc1)C(=O)CCc1ccccc1. The zero-order chi connectivity index (χ0) is 14.9. The number of aryl methyl sites for hydroxylation is 1. The van der Waals surface area contributed by atoms with E-state index >= 15 is 0 Å². The molecule has 21 heavy (non-hydrogen) atoms. The van der Waals surface area contributed by atoms with Crippen LogP contribution >= 0.6 is 11.8 Å². The lowest BCUT2D eigenvalue weighted by atomic mass is 10.0. The molecule has 0 fully saturated rings. The van der Waals surface area contributed by atoms with Gasteiger partial charge in [-0.3, -0.25) is 4.79 Å². The van der Waals surface area contributed by atoms with Crippen LogP contribution in [0.5, 0.6) is 0 Å². The first-order valence-corrected chi connectivity index (χ1v) is 8.07. The molecule has 2 heteroatoms. The number of hydrogen-bond donors (Lipinski definition) is 0. The van der Waals surface area contributed by atoms with Gasteiger partial charge in [-0.05, 0) is 30.5 Å². The van der Waals surface area contributed by atoms with E-state index < -0.39 is 0 Å². The van der Waals surface area contributed by atoms with Gasteiger partial charge in [0.2, 0.25) is 0 Å². The predicted molar refractivity (Wildman–Crippen MR) is 90.7 cm³/mol. The summed E-state index contributed by atoms with van der Waals surface area (Å²) < 4.78 is 0. The molecule has 108 valence electrons. The summed E-state index contributed by atoms with van der Waals surface area (Å²) in [5.41, 5.74) is 1.22. The van der Waals surface area contributed by atoms with Crippen LogP contribution in [-0.2, 0) is 11.2 Å². The Morgan fingerprint density at radius 3 is 2.29 bits per heavy atom. The van der Waals surface area contributed by atoms with Crippen molar-refractivity contribution in [1.82, 2.24) is 0 Å². The monoisotopic (exact) mass is 296 g/mol. The van der Waals surface area contributed by atoms with Crippen LogP contribution in [0.25, 0.3) is 0 Å². The fraction of sp³-hybridized carbons (Fsp3) is 0.211. The summed E-state index contributed by atoms with van der Waals surface area (Å²) in [6, 6.07) is 20.3. The Morgan fingerprint density at radius 2 is 1.67 bits per heavy atom. The van der Waals surface area contributed by atoms with Crippen LogP contribution in [-0.4, -0.2) is 11.0 Å². The number of carbonyl (C=O) groups excluding carboxylic acids is 1. The Balaban J connectivity index is 1.94. The molecule has 2 aromatic carbocycles. The van der Waals surface area contributed by atoms with Crippen molar-refractivity contribution >= 4 is 17.5 Å². The number of thioether (sulfide) groups is 1. The third kappa shape index (κ3) is 5.24. The van der Waals surface area contributed by atoms with E-state index in [1.54, 1.807) is 11.8 Å². The van der Waals surface area contributed by atoms with Crippen LogP contribution in [0, 0.1) is 0 Å². The number of hydrogen-bond acceptors (Lipinski definition) is 2. The maximum Gasteiger partial charge on any atom is 0.146 e. The first kappa shape index (κ1) is 15.6. The quantitative estimate of drug-likeness (QED) is 0.508. The van der Waals surface area contributed by atoms with Gasteiger partial charge in [0.25, 0.3) is 0 Å². The summed E-state index contributed by atoms with van der Waals surface area (Å²) >= 11 is 1.64. The summed E-state index contributed by atoms with van der Waals surface area (Å²) in [5.74, 6) is 0.299. The minimum absolute atomic E-state index is 0.0337. The van der Waals surface area contributed by atoms with Gasteiger partial charge in [0, 0.05) is 11.3 Å². The molecule has 1 nitrogen and oxygen atoms in total. The van der Waals surface area contributed by atoms with Crippen LogP contribution in [0.1, 0.15) is 18.4 Å². The van der Waals surface area contributed by atoms with E-state index in [1.807, 2.05) is 54.6 Å². The highest BCUT2D eigenvalue weighted by atomic mass is 32.2.